The minimum absolute atomic E-state index is 0.252. The lowest BCUT2D eigenvalue weighted by Gasteiger charge is -2.18. The molecule has 142 valence electrons. The van der Waals surface area contributed by atoms with Gasteiger partial charge in [0.05, 0.1) is 19.8 Å². The molecule has 0 spiro atoms. The molecular formula is C17H16O8P2. The molecule has 3 aliphatic heterocycles. The maximum Gasteiger partial charge on any atom is 0.465 e. The second-order valence-electron chi connectivity index (χ2n) is 5.84. The second-order valence-corrected chi connectivity index (χ2v) is 7.89. The van der Waals surface area contributed by atoms with E-state index in [2.05, 4.69) is 0 Å². The molecule has 10 heteroatoms. The molecule has 0 amide bonds. The Bertz CT molecular complexity index is 691. The van der Waals surface area contributed by atoms with Gasteiger partial charge >= 0.3 is 17.2 Å². The number of hydrogen-bond donors (Lipinski definition) is 0. The van der Waals surface area contributed by atoms with Gasteiger partial charge in [-0.1, -0.05) is 24.3 Å². The summed E-state index contributed by atoms with van der Waals surface area (Å²) in [5.74, 6) is 2.69. The molecule has 2 aromatic rings. The van der Waals surface area contributed by atoms with Crippen LogP contribution in [0.5, 0.6) is 23.0 Å². The third kappa shape index (κ3) is 3.97. The van der Waals surface area contributed by atoms with Gasteiger partial charge in [0.1, 0.15) is 6.10 Å². The molecule has 3 heterocycles. The van der Waals surface area contributed by atoms with Crippen molar-refractivity contribution in [3.05, 3.63) is 48.5 Å². The summed E-state index contributed by atoms with van der Waals surface area (Å²) in [6.45, 7) is 0.881. The summed E-state index contributed by atoms with van der Waals surface area (Å²) < 4.78 is 45.5. The third-order valence-electron chi connectivity index (χ3n) is 3.85. The van der Waals surface area contributed by atoms with Crippen molar-refractivity contribution in [3.8, 4) is 23.0 Å². The first kappa shape index (κ1) is 17.4. The molecule has 3 aliphatic rings. The fourth-order valence-corrected chi connectivity index (χ4v) is 4.76. The van der Waals surface area contributed by atoms with E-state index in [-0.39, 0.29) is 19.3 Å². The van der Waals surface area contributed by atoms with Crippen molar-refractivity contribution in [3.63, 3.8) is 0 Å². The zero-order chi connectivity index (χ0) is 18.1. The molecule has 0 bridgehead atoms. The quantitative estimate of drug-likeness (QED) is 0.696. The number of benzene rings is 2. The van der Waals surface area contributed by atoms with E-state index < -0.39 is 23.5 Å². The Morgan fingerprint density at radius 3 is 1.74 bits per heavy atom. The van der Waals surface area contributed by atoms with Crippen LogP contribution < -0.4 is 18.1 Å². The van der Waals surface area contributed by atoms with E-state index in [1.165, 1.54) is 0 Å². The highest BCUT2D eigenvalue weighted by atomic mass is 31.2. The molecule has 5 rings (SSSR count). The summed E-state index contributed by atoms with van der Waals surface area (Å²) in [5.41, 5.74) is 0. The fourth-order valence-electron chi connectivity index (χ4n) is 2.59. The van der Waals surface area contributed by atoms with Crippen LogP contribution in [-0.2, 0) is 18.5 Å². The number of rotatable bonds is 4. The summed E-state index contributed by atoms with van der Waals surface area (Å²) in [4.78, 5) is 0. The van der Waals surface area contributed by atoms with Gasteiger partial charge in [0.25, 0.3) is 0 Å². The van der Waals surface area contributed by atoms with Crippen LogP contribution in [0, 0.1) is 0 Å². The number of hydrogen-bond acceptors (Lipinski definition) is 8. The molecule has 0 unspecified atom stereocenters. The lowest BCUT2D eigenvalue weighted by Crippen LogP contribution is -2.23. The highest BCUT2D eigenvalue weighted by molar-refractivity contribution is 7.43. The van der Waals surface area contributed by atoms with Gasteiger partial charge in [-0.25, -0.2) is 0 Å². The lowest BCUT2D eigenvalue weighted by molar-refractivity contribution is -0.103. The molecule has 0 saturated carbocycles. The Morgan fingerprint density at radius 1 is 0.667 bits per heavy atom. The molecule has 2 aromatic carbocycles. The Hall–Kier alpha value is -1.66. The van der Waals surface area contributed by atoms with Crippen molar-refractivity contribution in [2.24, 2.45) is 0 Å². The van der Waals surface area contributed by atoms with E-state index in [0.717, 1.165) is 0 Å². The van der Waals surface area contributed by atoms with Crippen LogP contribution >= 0.6 is 17.2 Å². The van der Waals surface area contributed by atoms with Gasteiger partial charge in [0.2, 0.25) is 0 Å². The van der Waals surface area contributed by atoms with Crippen LogP contribution in [0.1, 0.15) is 0 Å². The monoisotopic (exact) mass is 410 g/mol. The van der Waals surface area contributed by atoms with Crippen LogP contribution in [0.15, 0.2) is 48.5 Å². The van der Waals surface area contributed by atoms with E-state index >= 15 is 0 Å². The van der Waals surface area contributed by atoms with Gasteiger partial charge in [-0.2, -0.15) is 0 Å². The van der Waals surface area contributed by atoms with Crippen LogP contribution in [-0.4, -0.2) is 32.2 Å². The molecule has 1 saturated heterocycles. The minimum atomic E-state index is -1.56. The highest BCUT2D eigenvalue weighted by Gasteiger charge is 2.35. The van der Waals surface area contributed by atoms with Crippen LogP contribution in [0.2, 0.25) is 0 Å². The van der Waals surface area contributed by atoms with E-state index in [0.29, 0.717) is 29.6 Å². The van der Waals surface area contributed by atoms with Gasteiger partial charge in [0, 0.05) is 0 Å². The van der Waals surface area contributed by atoms with Crippen molar-refractivity contribution in [2.45, 2.75) is 12.4 Å². The molecule has 0 aliphatic carbocycles. The molecule has 0 N–H and O–H groups in total. The molecular weight excluding hydrogens is 394 g/mol. The van der Waals surface area contributed by atoms with Crippen molar-refractivity contribution in [1.82, 2.24) is 0 Å². The minimum Gasteiger partial charge on any atom is -0.414 e. The maximum atomic E-state index is 5.84. The molecule has 2 atom stereocenters. The van der Waals surface area contributed by atoms with Crippen LogP contribution in [0.25, 0.3) is 0 Å². The van der Waals surface area contributed by atoms with Gasteiger partial charge in [0.15, 0.2) is 29.3 Å². The Labute approximate surface area is 158 Å². The van der Waals surface area contributed by atoms with Crippen LogP contribution in [0.3, 0.4) is 0 Å². The summed E-state index contributed by atoms with van der Waals surface area (Å²) in [6.07, 6.45) is -0.927. The lowest BCUT2D eigenvalue weighted by atomic mass is 10.3. The first-order valence-electron chi connectivity index (χ1n) is 8.36. The zero-order valence-electron chi connectivity index (χ0n) is 14.1. The molecule has 0 aromatic heterocycles. The van der Waals surface area contributed by atoms with E-state index in [9.17, 15) is 0 Å². The first-order chi connectivity index (χ1) is 13.3. The predicted molar refractivity (Wildman–Crippen MR) is 95.8 cm³/mol. The zero-order valence-corrected chi connectivity index (χ0v) is 15.8. The summed E-state index contributed by atoms with van der Waals surface area (Å²) in [6, 6.07) is 14.9. The summed E-state index contributed by atoms with van der Waals surface area (Å²) >= 11 is 0. The predicted octanol–water partition coefficient (Wildman–Crippen LogP) is 4.16. The largest absolute Gasteiger partial charge is 0.465 e. The molecule has 8 nitrogen and oxygen atoms in total. The van der Waals surface area contributed by atoms with Crippen molar-refractivity contribution in [2.75, 3.05) is 19.8 Å². The number of fused-ring (bicyclic) bond motifs is 2. The van der Waals surface area contributed by atoms with Crippen LogP contribution in [0.4, 0.5) is 0 Å². The Balaban J connectivity index is 1.11. The summed E-state index contributed by atoms with van der Waals surface area (Å²) in [7, 11) is -3.07. The van der Waals surface area contributed by atoms with Crippen molar-refractivity contribution < 1.29 is 36.6 Å². The van der Waals surface area contributed by atoms with Gasteiger partial charge in [-0.15, -0.1) is 0 Å². The first-order valence-corrected chi connectivity index (χ1v) is 10.6. The highest BCUT2D eigenvalue weighted by Crippen LogP contribution is 2.54. The normalized spacial score (nSPS) is 24.7. The smallest absolute Gasteiger partial charge is 0.414 e. The standard InChI is InChI=1S/C17H16O8P2/c1-2-6-14-13(5-1)21-26(22-14)20-12-9-18-11-17(19-10-12)25-27-23-15-7-3-4-8-16(15)24-27/h1-8,12,17H,9-11H2/t12-,17+/m0/s1. The van der Waals surface area contributed by atoms with Gasteiger partial charge in [-0.3, -0.25) is 9.05 Å². The van der Waals surface area contributed by atoms with E-state index in [1.54, 1.807) is 0 Å². The molecule has 27 heavy (non-hydrogen) atoms. The average Bonchev–Trinajstić information content (AvgIpc) is 3.21. The average molecular weight is 410 g/mol. The van der Waals surface area contributed by atoms with Crippen molar-refractivity contribution in [1.29, 1.82) is 0 Å². The Morgan fingerprint density at radius 2 is 1.19 bits per heavy atom. The molecule has 0 radical (unpaired) electrons. The number of para-hydroxylation sites is 4. The third-order valence-corrected chi connectivity index (χ3v) is 6.11. The Kier molecular flexibility index (Phi) is 5.01. The summed E-state index contributed by atoms with van der Waals surface area (Å²) in [5, 5.41) is 0. The maximum absolute atomic E-state index is 5.84. The molecule has 1 fully saturated rings. The second kappa shape index (κ2) is 7.76. The number of ether oxygens (including phenoxy) is 2. The van der Waals surface area contributed by atoms with E-state index in [4.69, 9.17) is 36.6 Å². The van der Waals surface area contributed by atoms with Gasteiger partial charge < -0.3 is 27.6 Å². The fraction of sp³-hybridized carbons (Fsp3) is 0.294. The van der Waals surface area contributed by atoms with Gasteiger partial charge in [-0.05, 0) is 24.3 Å². The van der Waals surface area contributed by atoms with Crippen molar-refractivity contribution >= 4 is 17.2 Å². The SMILES string of the molecule is c1ccc2c(c1)OP(O[C@H]1COC[C@@H](OP3Oc4ccccc4O3)OC1)O2. The topological polar surface area (TPSA) is 73.8 Å². The van der Waals surface area contributed by atoms with E-state index in [1.807, 2.05) is 48.5 Å².